The summed E-state index contributed by atoms with van der Waals surface area (Å²) in [6.45, 7) is 9.02. The molecule has 0 atom stereocenters. The predicted molar refractivity (Wildman–Crippen MR) is 170 cm³/mol. The van der Waals surface area contributed by atoms with Crippen LogP contribution in [0.4, 0.5) is 0 Å². The molecule has 0 saturated heterocycles. The predicted octanol–water partition coefficient (Wildman–Crippen LogP) is 8.46. The Morgan fingerprint density at radius 1 is 0.767 bits per heavy atom. The summed E-state index contributed by atoms with van der Waals surface area (Å²) >= 11 is 0. The SMILES string of the molecule is Cc1cccc(C)c1-n1[c-][n+]2c3c(cccc31)C(C)(C)c1c-2[c-]cc2ccccc12.[Ir+3].[c-]1ccccc1-c1ccccn1. The summed E-state index contributed by atoms with van der Waals surface area (Å²) in [7, 11) is 0. The molecule has 210 valence electrons. The van der Waals surface area contributed by atoms with E-state index in [2.05, 4.69) is 127 Å². The van der Waals surface area contributed by atoms with Crippen LogP contribution in [0.1, 0.15) is 36.1 Å². The zero-order valence-corrected chi connectivity index (χ0v) is 27.0. The van der Waals surface area contributed by atoms with Crippen molar-refractivity contribution in [2.24, 2.45) is 0 Å². The van der Waals surface area contributed by atoms with Gasteiger partial charge >= 0.3 is 20.1 Å². The first-order valence-electron chi connectivity index (χ1n) is 14.3. The van der Waals surface area contributed by atoms with Crippen LogP contribution in [0.25, 0.3) is 44.4 Å². The molecule has 0 spiro atoms. The number of benzene rings is 5. The van der Waals surface area contributed by atoms with Crippen molar-refractivity contribution < 1.29 is 24.7 Å². The molecule has 1 aliphatic rings. The topological polar surface area (TPSA) is 21.7 Å². The maximum atomic E-state index is 4.22. The molecule has 0 N–H and O–H groups in total. The first kappa shape index (κ1) is 28.7. The summed E-state index contributed by atoms with van der Waals surface area (Å²) in [4.78, 5) is 4.22. The van der Waals surface area contributed by atoms with Crippen molar-refractivity contribution >= 4 is 21.8 Å². The van der Waals surface area contributed by atoms with Gasteiger partial charge in [-0.2, -0.15) is 12.1 Å². The molecule has 3 nitrogen and oxygen atoms in total. The number of para-hydroxylation sites is 2. The van der Waals surface area contributed by atoms with Gasteiger partial charge in [0.05, 0.1) is 16.7 Å². The van der Waals surface area contributed by atoms with E-state index in [4.69, 9.17) is 0 Å². The third-order valence-electron chi connectivity index (χ3n) is 8.35. The van der Waals surface area contributed by atoms with Gasteiger partial charge in [-0.1, -0.05) is 80.6 Å². The van der Waals surface area contributed by atoms with Gasteiger partial charge in [-0.3, -0.25) is 4.57 Å². The van der Waals surface area contributed by atoms with Crippen molar-refractivity contribution in [3.05, 3.63) is 156 Å². The molecule has 0 unspecified atom stereocenters. The van der Waals surface area contributed by atoms with Crippen molar-refractivity contribution in [2.45, 2.75) is 33.1 Å². The maximum absolute atomic E-state index is 4.22. The zero-order valence-electron chi connectivity index (χ0n) is 24.6. The van der Waals surface area contributed by atoms with Gasteiger partial charge < -0.3 is 9.55 Å². The van der Waals surface area contributed by atoms with Gasteiger partial charge in [-0.05, 0) is 53.4 Å². The molecule has 5 aromatic carbocycles. The van der Waals surface area contributed by atoms with E-state index in [9.17, 15) is 0 Å². The van der Waals surface area contributed by atoms with Crippen LogP contribution in [0.3, 0.4) is 0 Å². The number of aromatic nitrogens is 3. The van der Waals surface area contributed by atoms with Crippen LogP contribution in [0.5, 0.6) is 0 Å². The number of hydrogen-bond acceptors (Lipinski definition) is 1. The van der Waals surface area contributed by atoms with Gasteiger partial charge in [-0.15, -0.1) is 58.3 Å². The Balaban J connectivity index is 0.000000213. The molecule has 1 aliphatic heterocycles. The van der Waals surface area contributed by atoms with Gasteiger partial charge in [-0.25, -0.2) is 0 Å². The van der Waals surface area contributed by atoms with Crippen molar-refractivity contribution in [3.8, 4) is 22.6 Å². The molecule has 0 saturated carbocycles. The number of imidazole rings is 1. The minimum atomic E-state index is -0.132. The Labute approximate surface area is 266 Å². The fourth-order valence-electron chi connectivity index (χ4n) is 6.36. The molecular weight excluding hydrogens is 703 g/mol. The third-order valence-corrected chi connectivity index (χ3v) is 8.35. The summed E-state index contributed by atoms with van der Waals surface area (Å²) in [5, 5.41) is 2.52. The standard InChI is InChI=1S/C28H23N2.C11H8N.Ir/c1-18-9-7-10-19(2)26(18)30-17-29-23-16-15-20-11-5-6-12-21(20)25(23)28(3,4)22-13-8-14-24(30)27(22)29;1-2-6-10(7-3-1)11-8-4-5-9-12-11;/h5-15H,1-4H3;1-6,8-9H;/q2*-1;+3. The Morgan fingerprint density at radius 3 is 2.26 bits per heavy atom. The van der Waals surface area contributed by atoms with E-state index in [1.165, 1.54) is 49.7 Å². The van der Waals surface area contributed by atoms with Gasteiger partial charge in [0.1, 0.15) is 0 Å². The first-order chi connectivity index (χ1) is 20.4. The molecule has 0 radical (unpaired) electrons. The van der Waals surface area contributed by atoms with Crippen molar-refractivity contribution in [1.82, 2.24) is 9.55 Å². The second-order valence-corrected chi connectivity index (χ2v) is 11.4. The van der Waals surface area contributed by atoms with Crippen LogP contribution in [-0.2, 0) is 25.5 Å². The van der Waals surface area contributed by atoms with Crippen molar-refractivity contribution in [2.75, 3.05) is 0 Å². The quantitative estimate of drug-likeness (QED) is 0.129. The fraction of sp³-hybridized carbons (Fsp3) is 0.128. The number of nitrogens with zero attached hydrogens (tertiary/aromatic N) is 3. The molecule has 0 fully saturated rings. The van der Waals surface area contributed by atoms with Crippen LogP contribution in [0.15, 0.2) is 115 Å². The molecule has 3 heterocycles. The molecule has 8 rings (SSSR count). The van der Waals surface area contributed by atoms with E-state index in [-0.39, 0.29) is 25.5 Å². The molecular formula is C39H31IrN3+. The second-order valence-electron chi connectivity index (χ2n) is 11.4. The van der Waals surface area contributed by atoms with E-state index >= 15 is 0 Å². The monoisotopic (exact) mass is 734 g/mol. The van der Waals surface area contributed by atoms with Gasteiger partial charge in [0.2, 0.25) is 0 Å². The fourth-order valence-corrected chi connectivity index (χ4v) is 6.36. The third kappa shape index (κ3) is 4.81. The van der Waals surface area contributed by atoms with E-state index in [0.29, 0.717) is 0 Å². The van der Waals surface area contributed by atoms with E-state index in [1.807, 2.05) is 42.5 Å². The Hall–Kier alpha value is -4.37. The normalized spacial score (nSPS) is 12.7. The van der Waals surface area contributed by atoms with Crippen LogP contribution in [-0.4, -0.2) is 9.55 Å². The number of hydrogen-bond donors (Lipinski definition) is 0. The number of fused-ring (bicyclic) bond motifs is 4. The summed E-state index contributed by atoms with van der Waals surface area (Å²) in [5.41, 5.74) is 11.8. The average molecular weight is 734 g/mol. The Morgan fingerprint density at radius 2 is 1.51 bits per heavy atom. The maximum Gasteiger partial charge on any atom is 3.00 e. The van der Waals surface area contributed by atoms with E-state index in [0.717, 1.165) is 16.9 Å². The molecule has 2 aromatic heterocycles. The number of aryl methyl sites for hydroxylation is 2. The molecule has 0 amide bonds. The summed E-state index contributed by atoms with van der Waals surface area (Å²) in [5.74, 6) is 0. The Kier molecular flexibility index (Phi) is 7.60. The minimum absolute atomic E-state index is 0. The van der Waals surface area contributed by atoms with Crippen LogP contribution in [0, 0.1) is 32.3 Å². The van der Waals surface area contributed by atoms with Crippen molar-refractivity contribution in [3.63, 3.8) is 0 Å². The Bertz CT molecular complexity index is 2020. The molecule has 4 heteroatoms. The smallest absolute Gasteiger partial charge is 0.314 e. The average Bonchev–Trinajstić information content (AvgIpc) is 3.40. The molecule has 0 bridgehead atoms. The molecule has 43 heavy (non-hydrogen) atoms. The molecule has 0 aliphatic carbocycles. The van der Waals surface area contributed by atoms with Crippen LogP contribution < -0.4 is 4.57 Å². The second kappa shape index (κ2) is 11.4. The summed E-state index contributed by atoms with van der Waals surface area (Å²) in [6, 6.07) is 44.3. The van der Waals surface area contributed by atoms with Gasteiger partial charge in [0, 0.05) is 6.20 Å². The number of rotatable bonds is 2. The van der Waals surface area contributed by atoms with Crippen LogP contribution >= 0.6 is 0 Å². The first-order valence-corrected chi connectivity index (χ1v) is 14.3. The summed E-state index contributed by atoms with van der Waals surface area (Å²) < 4.78 is 4.46. The van der Waals surface area contributed by atoms with E-state index in [1.54, 1.807) is 6.20 Å². The number of pyridine rings is 1. The minimum Gasteiger partial charge on any atom is -0.314 e. The zero-order chi connectivity index (χ0) is 28.8. The molecule has 7 aromatic rings. The largest absolute Gasteiger partial charge is 3.00 e. The van der Waals surface area contributed by atoms with E-state index < -0.39 is 0 Å². The summed E-state index contributed by atoms with van der Waals surface area (Å²) in [6.07, 6.45) is 5.48. The van der Waals surface area contributed by atoms with Crippen molar-refractivity contribution in [1.29, 1.82) is 0 Å². The van der Waals surface area contributed by atoms with Gasteiger partial charge in [0.25, 0.3) is 6.33 Å². The van der Waals surface area contributed by atoms with Crippen LogP contribution in [0.2, 0.25) is 0 Å². The van der Waals surface area contributed by atoms with Gasteiger partial charge in [0.15, 0.2) is 0 Å².